The minimum absolute atomic E-state index is 0.255. The summed E-state index contributed by atoms with van der Waals surface area (Å²) in [5.41, 5.74) is 0. The molecule has 0 atom stereocenters. The first-order valence-corrected chi connectivity index (χ1v) is 13.7. The van der Waals surface area contributed by atoms with Gasteiger partial charge in [-0.05, 0) is 38.5 Å². The summed E-state index contributed by atoms with van der Waals surface area (Å²) in [6.45, 7) is 2.54. The molecule has 0 saturated heterocycles. The molecular formula is C26H47N5O7. The van der Waals surface area contributed by atoms with Crippen LogP contribution in [0.5, 0.6) is 0 Å². The summed E-state index contributed by atoms with van der Waals surface area (Å²) >= 11 is 0. The number of hydrogen-bond donors (Lipinski definition) is 4. The summed E-state index contributed by atoms with van der Waals surface area (Å²) in [4.78, 5) is 61.3. The molecule has 0 spiro atoms. The average Bonchev–Trinajstić information content (AvgIpc) is 2.92. The number of unbranched alkanes of at least 4 members (excludes halogenated alkanes) is 9. The Hall–Kier alpha value is -3.14. The van der Waals surface area contributed by atoms with Gasteiger partial charge in [0.25, 0.3) is 0 Å². The standard InChI is InChI=1S/C26H47N5O7/c1-37-25(35)30-19-13-7-5-11-17-28-23(33)22(15-9-3-4-10-16-27-21-32)24(34)29-18-12-6-8-14-20-31-26(36)38-2/h22H,3-20H2,1-2H3,(H,28,33)(H,29,34)(H,30,35)(H,31,36). The fourth-order valence-corrected chi connectivity index (χ4v) is 3.72. The summed E-state index contributed by atoms with van der Waals surface area (Å²) in [7, 11) is 2.65. The highest BCUT2D eigenvalue weighted by Crippen LogP contribution is 2.13. The Kier molecular flexibility index (Phi) is 23.4. The predicted octanol–water partition coefficient (Wildman–Crippen LogP) is 2.95. The van der Waals surface area contributed by atoms with E-state index in [1.165, 1.54) is 20.3 Å². The fourth-order valence-electron chi connectivity index (χ4n) is 3.72. The molecule has 0 unspecified atom stereocenters. The summed E-state index contributed by atoms with van der Waals surface area (Å²) in [5.74, 6) is -1.25. The highest BCUT2D eigenvalue weighted by Gasteiger charge is 2.25. The largest absolute Gasteiger partial charge is 0.453 e. The van der Waals surface area contributed by atoms with Gasteiger partial charge in [0, 0.05) is 26.2 Å². The van der Waals surface area contributed by atoms with Crippen molar-refractivity contribution in [2.24, 2.45) is 10.9 Å². The second kappa shape index (κ2) is 25.5. The number of methoxy groups -OCH3 is 2. The Labute approximate surface area is 226 Å². The van der Waals surface area contributed by atoms with Crippen LogP contribution < -0.4 is 21.3 Å². The summed E-state index contributed by atoms with van der Waals surface area (Å²) in [5, 5.41) is 11.1. The average molecular weight is 542 g/mol. The molecule has 0 aliphatic rings. The monoisotopic (exact) mass is 541 g/mol. The predicted molar refractivity (Wildman–Crippen MR) is 143 cm³/mol. The lowest BCUT2D eigenvalue weighted by molar-refractivity contribution is -0.135. The van der Waals surface area contributed by atoms with E-state index in [0.29, 0.717) is 39.1 Å². The third kappa shape index (κ3) is 21.0. The van der Waals surface area contributed by atoms with Gasteiger partial charge < -0.3 is 30.7 Å². The molecule has 4 amide bonds. The third-order valence-electron chi connectivity index (χ3n) is 5.93. The lowest BCUT2D eigenvalue weighted by Gasteiger charge is -2.17. The van der Waals surface area contributed by atoms with Gasteiger partial charge in [-0.15, -0.1) is 0 Å². The van der Waals surface area contributed by atoms with Gasteiger partial charge >= 0.3 is 12.2 Å². The summed E-state index contributed by atoms with van der Waals surface area (Å²) in [6.07, 6.45) is 11.2. The van der Waals surface area contributed by atoms with Crippen LogP contribution in [0.2, 0.25) is 0 Å². The number of carbonyl (C=O) groups excluding carboxylic acids is 5. The zero-order valence-corrected chi connectivity index (χ0v) is 23.1. The van der Waals surface area contributed by atoms with Crippen molar-refractivity contribution in [3.05, 3.63) is 0 Å². The highest BCUT2D eigenvalue weighted by molar-refractivity contribution is 6.00. The molecule has 218 valence electrons. The Morgan fingerprint density at radius 3 is 1.42 bits per heavy atom. The van der Waals surface area contributed by atoms with Crippen LogP contribution in [0, 0.1) is 5.92 Å². The Morgan fingerprint density at radius 1 is 0.605 bits per heavy atom. The highest BCUT2D eigenvalue weighted by atomic mass is 16.5. The normalized spacial score (nSPS) is 10.3. The molecule has 0 heterocycles. The molecule has 4 N–H and O–H groups in total. The number of nitrogens with one attached hydrogen (secondary N) is 4. The second-order valence-corrected chi connectivity index (χ2v) is 8.98. The number of carbonyl (C=O) groups is 4. The van der Waals surface area contributed by atoms with Crippen LogP contribution in [0.25, 0.3) is 0 Å². The lowest BCUT2D eigenvalue weighted by Crippen LogP contribution is -2.42. The molecule has 0 aromatic rings. The van der Waals surface area contributed by atoms with Gasteiger partial charge in [-0.2, -0.15) is 0 Å². The van der Waals surface area contributed by atoms with E-state index < -0.39 is 18.1 Å². The SMILES string of the molecule is COC(=O)NCCCCCCNC(=O)C(CCCCCCN=C=O)C(=O)NCCCCCCNC(=O)OC. The molecule has 0 rings (SSSR count). The molecule has 38 heavy (non-hydrogen) atoms. The van der Waals surface area contributed by atoms with E-state index in [-0.39, 0.29) is 11.8 Å². The van der Waals surface area contributed by atoms with Crippen molar-refractivity contribution in [2.75, 3.05) is 46.9 Å². The van der Waals surface area contributed by atoms with Gasteiger partial charge in [-0.25, -0.2) is 19.4 Å². The van der Waals surface area contributed by atoms with Crippen LogP contribution in [0.3, 0.4) is 0 Å². The van der Waals surface area contributed by atoms with Crippen molar-refractivity contribution in [3.8, 4) is 0 Å². The molecule has 0 aromatic heterocycles. The van der Waals surface area contributed by atoms with Crippen LogP contribution in [-0.4, -0.2) is 77.0 Å². The van der Waals surface area contributed by atoms with E-state index in [1.807, 2.05) is 0 Å². The number of isocyanates is 1. The van der Waals surface area contributed by atoms with Crippen molar-refractivity contribution < 1.29 is 33.4 Å². The lowest BCUT2D eigenvalue weighted by atomic mass is 9.98. The molecule has 0 aromatic carbocycles. The van der Waals surface area contributed by atoms with E-state index >= 15 is 0 Å². The Bertz CT molecular complexity index is 670. The molecular weight excluding hydrogens is 494 g/mol. The zero-order chi connectivity index (χ0) is 28.3. The molecule has 0 saturated carbocycles. The van der Waals surface area contributed by atoms with Gasteiger partial charge in [0.1, 0.15) is 5.92 Å². The van der Waals surface area contributed by atoms with E-state index in [1.54, 1.807) is 0 Å². The molecule has 0 fully saturated rings. The smallest absolute Gasteiger partial charge is 0.406 e. The van der Waals surface area contributed by atoms with Crippen LogP contribution >= 0.6 is 0 Å². The fraction of sp³-hybridized carbons (Fsp3) is 0.808. The van der Waals surface area contributed by atoms with E-state index in [9.17, 15) is 24.0 Å². The maximum absolute atomic E-state index is 12.8. The van der Waals surface area contributed by atoms with E-state index in [4.69, 9.17) is 0 Å². The second-order valence-electron chi connectivity index (χ2n) is 8.98. The third-order valence-corrected chi connectivity index (χ3v) is 5.93. The van der Waals surface area contributed by atoms with Crippen molar-refractivity contribution in [1.29, 1.82) is 0 Å². The van der Waals surface area contributed by atoms with Crippen LogP contribution in [-0.2, 0) is 23.9 Å². The van der Waals surface area contributed by atoms with Crippen molar-refractivity contribution in [1.82, 2.24) is 21.3 Å². The zero-order valence-electron chi connectivity index (χ0n) is 23.1. The number of alkyl carbamates (subject to hydrolysis) is 2. The quantitative estimate of drug-likeness (QED) is 0.0668. The minimum atomic E-state index is -0.739. The Morgan fingerprint density at radius 2 is 1.00 bits per heavy atom. The van der Waals surface area contributed by atoms with Crippen LogP contribution in [0.15, 0.2) is 4.99 Å². The number of nitrogens with zero attached hydrogens (tertiary/aromatic N) is 1. The first-order valence-electron chi connectivity index (χ1n) is 13.7. The topological polar surface area (TPSA) is 164 Å². The Balaban J connectivity index is 4.32. The molecule has 12 nitrogen and oxygen atoms in total. The molecule has 0 radical (unpaired) electrons. The number of amides is 4. The van der Waals surface area contributed by atoms with Gasteiger partial charge in [-0.1, -0.05) is 44.9 Å². The van der Waals surface area contributed by atoms with Crippen LogP contribution in [0.4, 0.5) is 9.59 Å². The molecule has 0 aliphatic carbocycles. The summed E-state index contributed by atoms with van der Waals surface area (Å²) < 4.78 is 9.03. The summed E-state index contributed by atoms with van der Waals surface area (Å²) in [6, 6.07) is 0. The van der Waals surface area contributed by atoms with Crippen molar-refractivity contribution >= 4 is 30.1 Å². The molecule has 0 bridgehead atoms. The first kappa shape index (κ1) is 34.9. The van der Waals surface area contributed by atoms with E-state index in [0.717, 1.165) is 77.0 Å². The van der Waals surface area contributed by atoms with Gasteiger partial charge in [0.2, 0.25) is 17.9 Å². The van der Waals surface area contributed by atoms with Crippen molar-refractivity contribution in [3.63, 3.8) is 0 Å². The minimum Gasteiger partial charge on any atom is -0.453 e. The molecule has 0 aliphatic heterocycles. The molecule has 12 heteroatoms. The number of hydrogen-bond acceptors (Lipinski definition) is 8. The number of ether oxygens (including phenoxy) is 2. The maximum Gasteiger partial charge on any atom is 0.406 e. The van der Waals surface area contributed by atoms with Crippen LogP contribution in [0.1, 0.15) is 83.5 Å². The van der Waals surface area contributed by atoms with E-state index in [2.05, 4.69) is 35.7 Å². The van der Waals surface area contributed by atoms with Gasteiger partial charge in [-0.3, -0.25) is 9.59 Å². The maximum atomic E-state index is 12.8. The number of rotatable bonds is 23. The first-order chi connectivity index (χ1) is 18.5. The van der Waals surface area contributed by atoms with Gasteiger partial charge in [0.05, 0.1) is 20.8 Å². The van der Waals surface area contributed by atoms with Gasteiger partial charge in [0.15, 0.2) is 0 Å². The van der Waals surface area contributed by atoms with Crippen molar-refractivity contribution in [2.45, 2.75) is 83.5 Å². The number of aliphatic imine (C=N–C) groups is 1.